The zero-order valence-electron chi connectivity index (χ0n) is 13.6. The van der Waals surface area contributed by atoms with Gasteiger partial charge in [0.05, 0.1) is 4.83 Å². The Hall–Kier alpha value is -0.600. The van der Waals surface area contributed by atoms with E-state index in [4.69, 9.17) is 0 Å². The zero-order chi connectivity index (χ0) is 15.9. The number of hydrogen-bond donors (Lipinski definition) is 0. The smallest absolute Gasteiger partial charge is 0.0661 e. The average Bonchev–Trinajstić information content (AvgIpc) is 2.46. The second kappa shape index (κ2) is 6.26. The average molecular weight is 410 g/mol. The fraction of sp³-hybridized carbons (Fsp3) is 0.368. The largest absolute Gasteiger partial charge is 0.0786 e. The van der Waals surface area contributed by atoms with E-state index in [1.807, 2.05) is 0 Å². The highest BCUT2D eigenvalue weighted by Gasteiger charge is 2.21. The summed E-state index contributed by atoms with van der Waals surface area (Å²) in [6.45, 7) is 13.3. The first kappa shape index (κ1) is 16.8. The molecule has 1 unspecified atom stereocenters. The predicted octanol–water partition coefficient (Wildman–Crippen LogP) is 6.78. The summed E-state index contributed by atoms with van der Waals surface area (Å²) in [6, 6.07) is 6.46. The predicted molar refractivity (Wildman–Crippen MR) is 99.8 cm³/mol. The van der Waals surface area contributed by atoms with E-state index in [0.29, 0.717) is 0 Å². The second-order valence-electron chi connectivity index (χ2n) is 5.88. The van der Waals surface area contributed by atoms with Crippen LogP contribution in [-0.4, -0.2) is 0 Å². The van der Waals surface area contributed by atoms with Crippen LogP contribution in [0.5, 0.6) is 0 Å². The van der Waals surface area contributed by atoms with Gasteiger partial charge in [-0.3, -0.25) is 0 Å². The third kappa shape index (κ3) is 2.85. The molecule has 0 saturated heterocycles. The van der Waals surface area contributed by atoms with Crippen molar-refractivity contribution in [3.63, 3.8) is 0 Å². The summed E-state index contributed by atoms with van der Waals surface area (Å²) in [5.74, 6) is 0. The molecule has 0 aliphatic rings. The molecule has 112 valence electrons. The van der Waals surface area contributed by atoms with E-state index in [1.54, 1.807) is 0 Å². The maximum atomic E-state index is 3.94. The van der Waals surface area contributed by atoms with Crippen molar-refractivity contribution in [2.75, 3.05) is 0 Å². The number of rotatable bonds is 2. The van der Waals surface area contributed by atoms with Crippen LogP contribution in [0.25, 0.3) is 0 Å². The molecule has 2 heteroatoms. The van der Waals surface area contributed by atoms with E-state index in [2.05, 4.69) is 91.6 Å². The summed E-state index contributed by atoms with van der Waals surface area (Å²) in [4.78, 5) is 0.213. The third-order valence-electron chi connectivity index (χ3n) is 4.81. The highest BCUT2D eigenvalue weighted by molar-refractivity contribution is 9.11. The molecule has 0 saturated carbocycles. The minimum Gasteiger partial charge on any atom is -0.0786 e. The van der Waals surface area contributed by atoms with Crippen molar-refractivity contribution >= 4 is 31.9 Å². The van der Waals surface area contributed by atoms with Crippen molar-refractivity contribution in [3.05, 3.63) is 67.2 Å². The topological polar surface area (TPSA) is 0 Å². The van der Waals surface area contributed by atoms with Crippen molar-refractivity contribution in [1.82, 2.24) is 0 Å². The van der Waals surface area contributed by atoms with Crippen molar-refractivity contribution in [2.45, 2.75) is 46.4 Å². The van der Waals surface area contributed by atoms with Gasteiger partial charge in [0, 0.05) is 4.47 Å². The highest BCUT2D eigenvalue weighted by atomic mass is 79.9. The summed E-state index contributed by atoms with van der Waals surface area (Å²) in [6.07, 6.45) is 0. The van der Waals surface area contributed by atoms with Gasteiger partial charge in [0.15, 0.2) is 0 Å². The van der Waals surface area contributed by atoms with E-state index >= 15 is 0 Å². The first-order valence-corrected chi connectivity index (χ1v) is 8.94. The molecule has 2 aromatic carbocycles. The lowest BCUT2D eigenvalue weighted by atomic mass is 9.86. The van der Waals surface area contributed by atoms with Crippen LogP contribution < -0.4 is 0 Å². The Bertz CT molecular complexity index is 670. The Morgan fingerprint density at radius 1 is 0.762 bits per heavy atom. The SMILES string of the molecule is Cc1cccc(C(Br)c2c(C)c(C)c(C)c(C)c2C)c1Br. The molecule has 0 aromatic heterocycles. The molecule has 2 rings (SSSR count). The maximum Gasteiger partial charge on any atom is 0.0661 e. The van der Waals surface area contributed by atoms with Crippen LogP contribution in [0.15, 0.2) is 22.7 Å². The number of hydrogen-bond acceptors (Lipinski definition) is 0. The van der Waals surface area contributed by atoms with Crippen LogP contribution in [0.3, 0.4) is 0 Å². The van der Waals surface area contributed by atoms with Crippen LogP contribution in [0.1, 0.15) is 49.3 Å². The van der Waals surface area contributed by atoms with E-state index in [-0.39, 0.29) is 4.83 Å². The molecular weight excluding hydrogens is 388 g/mol. The van der Waals surface area contributed by atoms with Crippen molar-refractivity contribution < 1.29 is 0 Å². The minimum atomic E-state index is 0.213. The van der Waals surface area contributed by atoms with Crippen LogP contribution in [0.4, 0.5) is 0 Å². The molecule has 21 heavy (non-hydrogen) atoms. The third-order valence-corrected chi connectivity index (χ3v) is 6.84. The van der Waals surface area contributed by atoms with E-state index in [0.717, 1.165) is 0 Å². The van der Waals surface area contributed by atoms with Crippen LogP contribution in [-0.2, 0) is 0 Å². The molecular formula is C19H22Br2. The molecule has 0 heterocycles. The zero-order valence-corrected chi connectivity index (χ0v) is 16.7. The van der Waals surface area contributed by atoms with Gasteiger partial charge in [-0.15, -0.1) is 0 Å². The lowest BCUT2D eigenvalue weighted by Gasteiger charge is -2.23. The fourth-order valence-corrected chi connectivity index (χ4v) is 4.80. The summed E-state index contributed by atoms with van der Waals surface area (Å²) in [5.41, 5.74) is 11.0. The number of halogens is 2. The van der Waals surface area contributed by atoms with Crippen molar-refractivity contribution in [1.29, 1.82) is 0 Å². The number of alkyl halides is 1. The molecule has 0 fully saturated rings. The fourth-order valence-electron chi connectivity index (χ4n) is 2.93. The van der Waals surface area contributed by atoms with E-state index < -0.39 is 0 Å². The first-order chi connectivity index (χ1) is 9.77. The molecule has 0 spiro atoms. The number of aryl methyl sites for hydroxylation is 1. The van der Waals surface area contributed by atoms with Gasteiger partial charge in [-0.25, -0.2) is 0 Å². The first-order valence-electron chi connectivity index (χ1n) is 7.23. The van der Waals surface area contributed by atoms with Gasteiger partial charge >= 0.3 is 0 Å². The van der Waals surface area contributed by atoms with Gasteiger partial charge in [-0.1, -0.05) is 50.1 Å². The Labute approximate surface area is 145 Å². The monoisotopic (exact) mass is 408 g/mol. The summed E-state index contributed by atoms with van der Waals surface area (Å²) >= 11 is 7.69. The molecule has 1 atom stereocenters. The van der Waals surface area contributed by atoms with Gasteiger partial charge < -0.3 is 0 Å². The van der Waals surface area contributed by atoms with Crippen LogP contribution in [0, 0.1) is 41.5 Å². The molecule has 0 nitrogen and oxygen atoms in total. The van der Waals surface area contributed by atoms with Crippen LogP contribution in [0.2, 0.25) is 0 Å². The minimum absolute atomic E-state index is 0.213. The Balaban J connectivity index is 2.70. The van der Waals surface area contributed by atoms with Gasteiger partial charge in [-0.05, 0) is 86.1 Å². The van der Waals surface area contributed by atoms with E-state index in [1.165, 1.54) is 49.0 Å². The molecule has 2 aromatic rings. The summed E-state index contributed by atoms with van der Waals surface area (Å²) in [5, 5.41) is 0. The Kier molecular flexibility index (Phi) is 4.99. The van der Waals surface area contributed by atoms with Gasteiger partial charge in [0.1, 0.15) is 0 Å². The molecule has 0 aliphatic heterocycles. The molecule has 0 aliphatic carbocycles. The second-order valence-corrected chi connectivity index (χ2v) is 7.59. The van der Waals surface area contributed by atoms with Gasteiger partial charge in [0.25, 0.3) is 0 Å². The van der Waals surface area contributed by atoms with Crippen molar-refractivity contribution in [3.8, 4) is 0 Å². The number of benzene rings is 2. The highest BCUT2D eigenvalue weighted by Crippen LogP contribution is 2.41. The molecule has 0 bridgehead atoms. The summed E-state index contributed by atoms with van der Waals surface area (Å²) in [7, 11) is 0. The normalized spacial score (nSPS) is 12.6. The van der Waals surface area contributed by atoms with Gasteiger partial charge in [-0.2, -0.15) is 0 Å². The van der Waals surface area contributed by atoms with Crippen molar-refractivity contribution in [2.24, 2.45) is 0 Å². The lowest BCUT2D eigenvalue weighted by molar-refractivity contribution is 1.05. The molecule has 0 N–H and O–H groups in total. The summed E-state index contributed by atoms with van der Waals surface area (Å²) < 4.78 is 1.20. The Morgan fingerprint density at radius 3 is 1.76 bits per heavy atom. The maximum absolute atomic E-state index is 3.94. The van der Waals surface area contributed by atoms with Gasteiger partial charge in [0.2, 0.25) is 0 Å². The molecule has 0 radical (unpaired) electrons. The van der Waals surface area contributed by atoms with Crippen LogP contribution >= 0.6 is 31.9 Å². The standard InChI is InChI=1S/C19H22Br2/c1-10-8-7-9-16(18(10)20)19(21)17-14(5)12(3)11(2)13(4)15(17)6/h7-9,19H,1-6H3. The lowest BCUT2D eigenvalue weighted by Crippen LogP contribution is -2.06. The quantitative estimate of drug-likeness (QED) is 0.479. The molecule has 0 amide bonds. The Morgan fingerprint density at radius 2 is 1.24 bits per heavy atom. The van der Waals surface area contributed by atoms with E-state index in [9.17, 15) is 0 Å².